The zero-order valence-electron chi connectivity index (χ0n) is 13.3. The van der Waals surface area contributed by atoms with Crippen LogP contribution in [0.2, 0.25) is 0 Å². The molecular weight excluding hydrogens is 246 g/mol. The smallest absolute Gasteiger partial charge is 0.0208 e. The van der Waals surface area contributed by atoms with Gasteiger partial charge >= 0.3 is 0 Å². The van der Waals surface area contributed by atoms with E-state index in [0.29, 0.717) is 0 Å². The molecule has 0 saturated carbocycles. The molecule has 1 aliphatic heterocycles. The summed E-state index contributed by atoms with van der Waals surface area (Å²) in [5.74, 6) is 0. The monoisotopic (exact) mass is 275 g/mol. The second-order valence-corrected chi connectivity index (χ2v) is 6.11. The van der Waals surface area contributed by atoms with Gasteiger partial charge < -0.3 is 15.1 Å². The molecule has 0 unspecified atom stereocenters. The zero-order valence-corrected chi connectivity index (χ0v) is 13.3. The summed E-state index contributed by atoms with van der Waals surface area (Å²) in [6, 6.07) is 6.70. The van der Waals surface area contributed by atoms with Gasteiger partial charge in [-0.2, -0.15) is 0 Å². The predicted octanol–water partition coefficient (Wildman–Crippen LogP) is 2.03. The lowest BCUT2D eigenvalue weighted by atomic mass is 10.1. The summed E-state index contributed by atoms with van der Waals surface area (Å²) in [4.78, 5) is 4.99. The number of nitrogens with zero attached hydrogens (tertiary/aromatic N) is 2. The van der Waals surface area contributed by atoms with Crippen molar-refractivity contribution in [3.05, 3.63) is 34.9 Å². The molecule has 1 saturated heterocycles. The number of nitrogens with one attached hydrogen (secondary N) is 1. The Kier molecular flexibility index (Phi) is 6.02. The molecule has 0 atom stereocenters. The van der Waals surface area contributed by atoms with E-state index in [0.717, 1.165) is 13.1 Å². The summed E-state index contributed by atoms with van der Waals surface area (Å²) in [7, 11) is 2.21. The van der Waals surface area contributed by atoms with E-state index in [1.165, 1.54) is 55.8 Å². The topological polar surface area (TPSA) is 18.5 Å². The van der Waals surface area contributed by atoms with Crippen LogP contribution in [0.3, 0.4) is 0 Å². The molecule has 1 aromatic rings. The largest absolute Gasteiger partial charge is 0.313 e. The van der Waals surface area contributed by atoms with E-state index < -0.39 is 0 Å². The Morgan fingerprint density at radius 2 is 1.85 bits per heavy atom. The summed E-state index contributed by atoms with van der Waals surface area (Å²) in [6.07, 6.45) is 1.24. The van der Waals surface area contributed by atoms with Crippen LogP contribution in [0.25, 0.3) is 0 Å². The minimum atomic E-state index is 0.996. The molecule has 0 spiro atoms. The van der Waals surface area contributed by atoms with Gasteiger partial charge in [0, 0.05) is 32.7 Å². The first-order chi connectivity index (χ1) is 9.65. The second kappa shape index (κ2) is 7.77. The highest BCUT2D eigenvalue weighted by Gasteiger charge is 2.12. The van der Waals surface area contributed by atoms with Crippen LogP contribution < -0.4 is 5.32 Å². The van der Waals surface area contributed by atoms with Crippen molar-refractivity contribution in [3.63, 3.8) is 0 Å². The van der Waals surface area contributed by atoms with Gasteiger partial charge in [-0.1, -0.05) is 23.8 Å². The first-order valence-electron chi connectivity index (χ1n) is 7.83. The molecule has 112 valence electrons. The lowest BCUT2D eigenvalue weighted by Gasteiger charge is -2.32. The number of hydrogen-bond donors (Lipinski definition) is 1. The van der Waals surface area contributed by atoms with Gasteiger partial charge in [0.15, 0.2) is 0 Å². The Hall–Kier alpha value is -0.900. The van der Waals surface area contributed by atoms with Gasteiger partial charge in [0.25, 0.3) is 0 Å². The molecular formula is C17H29N3. The molecule has 1 aromatic carbocycles. The minimum absolute atomic E-state index is 0.996. The van der Waals surface area contributed by atoms with E-state index in [2.05, 4.69) is 54.2 Å². The fourth-order valence-electron chi connectivity index (χ4n) is 2.71. The van der Waals surface area contributed by atoms with Gasteiger partial charge in [0.2, 0.25) is 0 Å². The third-order valence-corrected chi connectivity index (χ3v) is 4.24. The number of benzene rings is 1. The first kappa shape index (κ1) is 15.5. The normalized spacial score (nSPS) is 17.6. The molecule has 3 nitrogen and oxygen atoms in total. The van der Waals surface area contributed by atoms with Gasteiger partial charge in [-0.15, -0.1) is 0 Å². The average Bonchev–Trinajstić information content (AvgIpc) is 2.44. The number of piperazine rings is 1. The maximum atomic E-state index is 3.58. The van der Waals surface area contributed by atoms with Gasteiger partial charge in [0.1, 0.15) is 0 Å². The van der Waals surface area contributed by atoms with Crippen LogP contribution >= 0.6 is 0 Å². The predicted molar refractivity (Wildman–Crippen MR) is 86.2 cm³/mol. The van der Waals surface area contributed by atoms with Crippen LogP contribution in [0.15, 0.2) is 18.2 Å². The molecule has 1 N–H and O–H groups in total. The first-order valence-corrected chi connectivity index (χ1v) is 7.83. The fraction of sp³-hybridized carbons (Fsp3) is 0.647. The van der Waals surface area contributed by atoms with Crippen molar-refractivity contribution in [2.24, 2.45) is 0 Å². The maximum Gasteiger partial charge on any atom is 0.0208 e. The molecule has 20 heavy (non-hydrogen) atoms. The van der Waals surface area contributed by atoms with Gasteiger partial charge in [0.05, 0.1) is 0 Å². The van der Waals surface area contributed by atoms with Crippen LogP contribution in [-0.2, 0) is 6.54 Å². The van der Waals surface area contributed by atoms with Crippen molar-refractivity contribution in [2.45, 2.75) is 26.8 Å². The van der Waals surface area contributed by atoms with Crippen molar-refractivity contribution in [3.8, 4) is 0 Å². The lowest BCUT2D eigenvalue weighted by molar-refractivity contribution is 0.153. The highest BCUT2D eigenvalue weighted by atomic mass is 15.2. The number of likely N-dealkylation sites (N-methyl/N-ethyl adjacent to an activating group) is 1. The van der Waals surface area contributed by atoms with E-state index in [1.807, 2.05) is 0 Å². The van der Waals surface area contributed by atoms with Crippen LogP contribution in [-0.4, -0.2) is 56.1 Å². The summed E-state index contributed by atoms with van der Waals surface area (Å²) in [6.45, 7) is 12.6. The summed E-state index contributed by atoms with van der Waals surface area (Å²) in [5.41, 5.74) is 4.18. The molecule has 2 rings (SSSR count). The van der Waals surface area contributed by atoms with Crippen LogP contribution in [0.1, 0.15) is 23.1 Å². The lowest BCUT2D eigenvalue weighted by Crippen LogP contribution is -2.45. The summed E-state index contributed by atoms with van der Waals surface area (Å²) in [5, 5.41) is 3.58. The summed E-state index contributed by atoms with van der Waals surface area (Å²) >= 11 is 0. The third-order valence-electron chi connectivity index (χ3n) is 4.24. The van der Waals surface area contributed by atoms with Crippen molar-refractivity contribution < 1.29 is 0 Å². The quantitative estimate of drug-likeness (QED) is 0.802. The minimum Gasteiger partial charge on any atom is -0.313 e. The van der Waals surface area contributed by atoms with Crippen LogP contribution in [0.5, 0.6) is 0 Å². The molecule has 1 fully saturated rings. The zero-order chi connectivity index (χ0) is 14.4. The van der Waals surface area contributed by atoms with Crippen LogP contribution in [0, 0.1) is 13.8 Å². The number of hydrogen-bond acceptors (Lipinski definition) is 3. The molecule has 1 heterocycles. The van der Waals surface area contributed by atoms with E-state index in [-0.39, 0.29) is 0 Å². The number of rotatable bonds is 6. The Morgan fingerprint density at radius 3 is 2.60 bits per heavy atom. The third kappa shape index (κ3) is 4.89. The summed E-state index contributed by atoms with van der Waals surface area (Å²) < 4.78 is 0. The Balaban J connectivity index is 1.61. The number of aryl methyl sites for hydroxylation is 2. The molecule has 0 radical (unpaired) electrons. The van der Waals surface area contributed by atoms with E-state index in [4.69, 9.17) is 0 Å². The van der Waals surface area contributed by atoms with E-state index in [9.17, 15) is 0 Å². The van der Waals surface area contributed by atoms with Gasteiger partial charge in [-0.3, -0.25) is 0 Å². The fourth-order valence-corrected chi connectivity index (χ4v) is 2.71. The molecule has 1 aliphatic rings. The van der Waals surface area contributed by atoms with E-state index >= 15 is 0 Å². The standard InChI is InChI=1S/C17H29N3/c1-15-5-6-16(2)17(13-15)14-18-7-4-8-20-11-9-19(3)10-12-20/h5-6,13,18H,4,7-12,14H2,1-3H3. The van der Waals surface area contributed by atoms with Crippen molar-refractivity contribution >= 4 is 0 Å². The maximum absolute atomic E-state index is 3.58. The van der Waals surface area contributed by atoms with Crippen LogP contribution in [0.4, 0.5) is 0 Å². The SMILES string of the molecule is Cc1ccc(C)c(CNCCCN2CCN(C)CC2)c1. The molecule has 3 heteroatoms. The molecule has 0 aromatic heterocycles. The molecule has 0 aliphatic carbocycles. The highest BCUT2D eigenvalue weighted by molar-refractivity contribution is 5.30. The van der Waals surface area contributed by atoms with Gasteiger partial charge in [-0.05, 0) is 51.5 Å². The Bertz CT molecular complexity index is 409. The van der Waals surface area contributed by atoms with Crippen molar-refractivity contribution in [2.75, 3.05) is 46.3 Å². The second-order valence-electron chi connectivity index (χ2n) is 6.11. The van der Waals surface area contributed by atoms with Gasteiger partial charge in [-0.25, -0.2) is 0 Å². The Morgan fingerprint density at radius 1 is 1.10 bits per heavy atom. The highest BCUT2D eigenvalue weighted by Crippen LogP contribution is 2.10. The molecule has 0 bridgehead atoms. The van der Waals surface area contributed by atoms with E-state index in [1.54, 1.807) is 0 Å². The molecule has 0 amide bonds. The van der Waals surface area contributed by atoms with Crippen molar-refractivity contribution in [1.29, 1.82) is 0 Å². The van der Waals surface area contributed by atoms with Crippen molar-refractivity contribution in [1.82, 2.24) is 15.1 Å². The average molecular weight is 275 g/mol. The Labute approximate surface area is 124 Å².